The first kappa shape index (κ1) is 12.7. The van der Waals surface area contributed by atoms with Crippen LogP contribution in [0.2, 0.25) is 0 Å². The van der Waals surface area contributed by atoms with Crippen molar-refractivity contribution in [3.63, 3.8) is 0 Å². The Balaban J connectivity index is 2.20. The molecule has 0 atom stereocenters. The lowest BCUT2D eigenvalue weighted by molar-refractivity contribution is 0.412. The number of anilines is 3. The summed E-state index contributed by atoms with van der Waals surface area (Å²) >= 11 is 3.46. The maximum Gasteiger partial charge on any atom is 0.133 e. The number of hydrogen-bond acceptors (Lipinski definition) is 4. The van der Waals surface area contributed by atoms with Gasteiger partial charge in [0.1, 0.15) is 5.75 Å². The average molecular weight is 308 g/mol. The quantitative estimate of drug-likeness (QED) is 0.905. The molecule has 1 aromatic heterocycles. The molecule has 0 fully saturated rings. The van der Waals surface area contributed by atoms with Crippen LogP contribution in [0.1, 0.15) is 0 Å². The van der Waals surface area contributed by atoms with Crippen LogP contribution in [-0.2, 0) is 0 Å². The number of benzene rings is 1. The minimum Gasteiger partial charge on any atom is -0.496 e. The second-order valence-corrected chi connectivity index (χ2v) is 4.54. The molecule has 94 valence electrons. The van der Waals surface area contributed by atoms with Gasteiger partial charge in [0.25, 0.3) is 0 Å². The van der Waals surface area contributed by atoms with Crippen molar-refractivity contribution in [2.24, 2.45) is 0 Å². The summed E-state index contributed by atoms with van der Waals surface area (Å²) in [4.78, 5) is 4.15. The standard InChI is InChI=1S/C13H14BrN3O/c1-15-10-5-11(8-16-7-10)17-9-3-4-13(18-2)12(14)6-9/h3-8,15,17H,1-2H3. The number of halogens is 1. The zero-order valence-electron chi connectivity index (χ0n) is 10.2. The molecule has 0 saturated heterocycles. The Morgan fingerprint density at radius 1 is 1.11 bits per heavy atom. The van der Waals surface area contributed by atoms with E-state index in [1.807, 2.05) is 31.3 Å². The van der Waals surface area contributed by atoms with Gasteiger partial charge in [-0.2, -0.15) is 0 Å². The maximum absolute atomic E-state index is 5.19. The van der Waals surface area contributed by atoms with Crippen LogP contribution < -0.4 is 15.4 Å². The molecule has 1 heterocycles. The van der Waals surface area contributed by atoms with Gasteiger partial charge in [-0.05, 0) is 40.2 Å². The van der Waals surface area contributed by atoms with E-state index in [-0.39, 0.29) is 0 Å². The highest BCUT2D eigenvalue weighted by atomic mass is 79.9. The van der Waals surface area contributed by atoms with E-state index in [1.54, 1.807) is 19.5 Å². The number of rotatable bonds is 4. The minimum atomic E-state index is 0.808. The predicted octanol–water partition coefficient (Wildman–Crippen LogP) is 3.64. The van der Waals surface area contributed by atoms with E-state index in [0.29, 0.717) is 0 Å². The lowest BCUT2D eigenvalue weighted by Crippen LogP contribution is -1.95. The average Bonchev–Trinajstić information content (AvgIpc) is 2.39. The zero-order valence-corrected chi connectivity index (χ0v) is 11.8. The summed E-state index contributed by atoms with van der Waals surface area (Å²) in [5, 5.41) is 6.33. The smallest absolute Gasteiger partial charge is 0.133 e. The van der Waals surface area contributed by atoms with E-state index in [4.69, 9.17) is 4.74 Å². The van der Waals surface area contributed by atoms with E-state index in [0.717, 1.165) is 27.3 Å². The number of nitrogens with one attached hydrogen (secondary N) is 2. The first-order chi connectivity index (χ1) is 8.72. The van der Waals surface area contributed by atoms with Crippen LogP contribution in [0.4, 0.5) is 17.1 Å². The number of methoxy groups -OCH3 is 1. The Labute approximate surface area is 115 Å². The number of hydrogen-bond donors (Lipinski definition) is 2. The molecule has 0 aliphatic heterocycles. The lowest BCUT2D eigenvalue weighted by Gasteiger charge is -2.09. The molecular formula is C13H14BrN3O. The maximum atomic E-state index is 5.19. The van der Waals surface area contributed by atoms with Gasteiger partial charge in [-0.15, -0.1) is 0 Å². The van der Waals surface area contributed by atoms with E-state index in [9.17, 15) is 0 Å². The number of pyridine rings is 1. The molecule has 4 nitrogen and oxygen atoms in total. The highest BCUT2D eigenvalue weighted by molar-refractivity contribution is 9.10. The monoisotopic (exact) mass is 307 g/mol. The molecule has 5 heteroatoms. The SMILES string of the molecule is CNc1cncc(Nc2ccc(OC)c(Br)c2)c1. The molecule has 0 unspecified atom stereocenters. The van der Waals surface area contributed by atoms with Gasteiger partial charge in [-0.25, -0.2) is 0 Å². The summed E-state index contributed by atoms with van der Waals surface area (Å²) in [5.74, 6) is 0.808. The molecule has 0 aliphatic rings. The Kier molecular flexibility index (Phi) is 4.04. The highest BCUT2D eigenvalue weighted by Crippen LogP contribution is 2.29. The first-order valence-electron chi connectivity index (χ1n) is 5.46. The Bertz CT molecular complexity index is 546. The van der Waals surface area contributed by atoms with Crippen molar-refractivity contribution in [3.8, 4) is 5.75 Å². The van der Waals surface area contributed by atoms with Gasteiger partial charge in [0, 0.05) is 12.7 Å². The number of ether oxygens (including phenoxy) is 1. The van der Waals surface area contributed by atoms with Gasteiger partial charge in [-0.3, -0.25) is 4.98 Å². The molecule has 18 heavy (non-hydrogen) atoms. The van der Waals surface area contributed by atoms with Crippen LogP contribution in [0, 0.1) is 0 Å². The van der Waals surface area contributed by atoms with Crippen LogP contribution in [-0.4, -0.2) is 19.1 Å². The van der Waals surface area contributed by atoms with Gasteiger partial charge in [0.2, 0.25) is 0 Å². The van der Waals surface area contributed by atoms with Crippen LogP contribution in [0.3, 0.4) is 0 Å². The van der Waals surface area contributed by atoms with Crippen molar-refractivity contribution in [3.05, 3.63) is 41.1 Å². The summed E-state index contributed by atoms with van der Waals surface area (Å²) in [6, 6.07) is 7.81. The molecule has 0 aliphatic carbocycles. The minimum absolute atomic E-state index is 0.808. The summed E-state index contributed by atoms with van der Waals surface area (Å²) < 4.78 is 6.10. The van der Waals surface area contributed by atoms with Crippen molar-refractivity contribution in [2.45, 2.75) is 0 Å². The molecule has 0 radical (unpaired) electrons. The fourth-order valence-corrected chi connectivity index (χ4v) is 2.10. The van der Waals surface area contributed by atoms with E-state index in [1.165, 1.54) is 0 Å². The van der Waals surface area contributed by atoms with Crippen LogP contribution >= 0.6 is 15.9 Å². The van der Waals surface area contributed by atoms with Gasteiger partial charge in [0.05, 0.1) is 35.4 Å². The van der Waals surface area contributed by atoms with Crippen LogP contribution in [0.5, 0.6) is 5.75 Å². The number of aromatic nitrogens is 1. The fourth-order valence-electron chi connectivity index (χ4n) is 1.56. The molecule has 1 aromatic carbocycles. The van der Waals surface area contributed by atoms with Crippen LogP contribution in [0.15, 0.2) is 41.1 Å². The predicted molar refractivity (Wildman–Crippen MR) is 77.8 cm³/mol. The lowest BCUT2D eigenvalue weighted by atomic mass is 10.3. The highest BCUT2D eigenvalue weighted by Gasteiger charge is 2.02. The molecule has 2 rings (SSSR count). The second-order valence-electron chi connectivity index (χ2n) is 3.69. The molecule has 2 aromatic rings. The van der Waals surface area contributed by atoms with Gasteiger partial charge < -0.3 is 15.4 Å². The van der Waals surface area contributed by atoms with E-state index in [2.05, 4.69) is 31.5 Å². The van der Waals surface area contributed by atoms with Crippen molar-refractivity contribution in [2.75, 3.05) is 24.8 Å². The summed E-state index contributed by atoms with van der Waals surface area (Å²) in [6.45, 7) is 0. The Morgan fingerprint density at radius 2 is 1.89 bits per heavy atom. The largest absolute Gasteiger partial charge is 0.496 e. The summed E-state index contributed by atoms with van der Waals surface area (Å²) in [7, 11) is 3.51. The van der Waals surface area contributed by atoms with Crippen LogP contribution in [0.25, 0.3) is 0 Å². The van der Waals surface area contributed by atoms with Crippen molar-refractivity contribution >= 4 is 33.0 Å². The topological polar surface area (TPSA) is 46.2 Å². The fraction of sp³-hybridized carbons (Fsp3) is 0.154. The Hall–Kier alpha value is -1.75. The molecule has 0 spiro atoms. The van der Waals surface area contributed by atoms with Crippen molar-refractivity contribution < 1.29 is 4.74 Å². The first-order valence-corrected chi connectivity index (χ1v) is 6.25. The normalized spacial score (nSPS) is 9.94. The Morgan fingerprint density at radius 3 is 2.56 bits per heavy atom. The second kappa shape index (κ2) is 5.73. The van der Waals surface area contributed by atoms with Gasteiger partial charge in [0.15, 0.2) is 0 Å². The third-order valence-corrected chi connectivity index (χ3v) is 3.09. The molecule has 0 bridgehead atoms. The van der Waals surface area contributed by atoms with Crippen molar-refractivity contribution in [1.82, 2.24) is 4.98 Å². The molecular weight excluding hydrogens is 294 g/mol. The summed E-state index contributed by atoms with van der Waals surface area (Å²) in [6.07, 6.45) is 3.55. The molecule has 0 amide bonds. The summed E-state index contributed by atoms with van der Waals surface area (Å²) in [5.41, 5.74) is 2.87. The molecule has 0 saturated carbocycles. The molecule has 2 N–H and O–H groups in total. The van der Waals surface area contributed by atoms with E-state index < -0.39 is 0 Å². The van der Waals surface area contributed by atoms with E-state index >= 15 is 0 Å². The number of nitrogens with zero attached hydrogens (tertiary/aromatic N) is 1. The third kappa shape index (κ3) is 2.92. The zero-order chi connectivity index (χ0) is 13.0. The van der Waals surface area contributed by atoms with Gasteiger partial charge >= 0.3 is 0 Å². The van der Waals surface area contributed by atoms with Gasteiger partial charge in [-0.1, -0.05) is 0 Å². The third-order valence-electron chi connectivity index (χ3n) is 2.47. The van der Waals surface area contributed by atoms with Crippen molar-refractivity contribution in [1.29, 1.82) is 0 Å².